The number of benzene rings is 1. The highest BCUT2D eigenvalue weighted by Gasteiger charge is 2.39. The van der Waals surface area contributed by atoms with Gasteiger partial charge in [0.25, 0.3) is 0 Å². The van der Waals surface area contributed by atoms with E-state index in [1.807, 2.05) is 30.0 Å². The Morgan fingerprint density at radius 3 is 3.00 bits per heavy atom. The van der Waals surface area contributed by atoms with Gasteiger partial charge in [0.15, 0.2) is 0 Å². The van der Waals surface area contributed by atoms with E-state index >= 15 is 0 Å². The topological polar surface area (TPSA) is 46.2 Å². The van der Waals surface area contributed by atoms with Gasteiger partial charge in [-0.3, -0.25) is 0 Å². The highest BCUT2D eigenvalue weighted by Crippen LogP contribution is 2.45. The van der Waals surface area contributed by atoms with Crippen LogP contribution in [0.2, 0.25) is 0 Å². The summed E-state index contributed by atoms with van der Waals surface area (Å²) in [5, 5.41) is 10.7. The molecule has 0 saturated heterocycles. The summed E-state index contributed by atoms with van der Waals surface area (Å²) < 4.78 is 0. The van der Waals surface area contributed by atoms with Gasteiger partial charge in [-0.15, -0.1) is 11.8 Å². The van der Waals surface area contributed by atoms with Crippen molar-refractivity contribution in [1.29, 1.82) is 0 Å². The molecule has 0 spiro atoms. The zero-order chi connectivity index (χ0) is 10.9. The number of nitrogens with two attached hydrogens (primary N) is 1. The van der Waals surface area contributed by atoms with Crippen molar-refractivity contribution < 1.29 is 5.11 Å². The van der Waals surface area contributed by atoms with Gasteiger partial charge in [-0.2, -0.15) is 0 Å². The molecule has 15 heavy (non-hydrogen) atoms. The van der Waals surface area contributed by atoms with Crippen molar-refractivity contribution in [3.63, 3.8) is 0 Å². The molecule has 0 radical (unpaired) electrons. The zero-order valence-electron chi connectivity index (χ0n) is 8.94. The van der Waals surface area contributed by atoms with Crippen LogP contribution in [0, 0.1) is 5.92 Å². The number of thioether (sulfide) groups is 1. The van der Waals surface area contributed by atoms with Crippen LogP contribution in [0.15, 0.2) is 29.2 Å². The van der Waals surface area contributed by atoms with E-state index in [-0.39, 0.29) is 5.92 Å². The molecule has 82 valence electrons. The second kappa shape index (κ2) is 4.16. The van der Waals surface area contributed by atoms with Crippen molar-refractivity contribution in [3.8, 4) is 0 Å². The first-order chi connectivity index (χ1) is 7.18. The largest absolute Gasteiger partial charge is 0.385 e. The Balaban J connectivity index is 2.45. The minimum absolute atomic E-state index is 0.265. The lowest BCUT2D eigenvalue weighted by atomic mass is 9.80. The molecule has 1 aromatic rings. The molecule has 2 nitrogen and oxygen atoms in total. The average Bonchev–Trinajstić information content (AvgIpc) is 2.25. The van der Waals surface area contributed by atoms with Gasteiger partial charge in [0, 0.05) is 10.6 Å². The minimum atomic E-state index is -0.726. The second-order valence-electron chi connectivity index (χ2n) is 4.17. The SMILES string of the molecule is CC1CSc2ccccc2C1(O)CCN. The summed E-state index contributed by atoms with van der Waals surface area (Å²) in [6.07, 6.45) is 0.645. The van der Waals surface area contributed by atoms with Crippen LogP contribution in [0.25, 0.3) is 0 Å². The quantitative estimate of drug-likeness (QED) is 0.805. The maximum atomic E-state index is 10.7. The fraction of sp³-hybridized carbons (Fsp3) is 0.500. The summed E-state index contributed by atoms with van der Waals surface area (Å²) in [6, 6.07) is 8.10. The molecule has 3 heteroatoms. The highest BCUT2D eigenvalue weighted by atomic mass is 32.2. The lowest BCUT2D eigenvalue weighted by Crippen LogP contribution is -2.39. The van der Waals surface area contributed by atoms with Gasteiger partial charge in [0.1, 0.15) is 0 Å². The van der Waals surface area contributed by atoms with E-state index in [1.54, 1.807) is 0 Å². The Hall–Kier alpha value is -0.510. The Bertz CT molecular complexity index is 355. The van der Waals surface area contributed by atoms with Gasteiger partial charge in [-0.05, 0) is 30.5 Å². The highest BCUT2D eigenvalue weighted by molar-refractivity contribution is 7.99. The monoisotopic (exact) mass is 223 g/mol. The molecule has 0 amide bonds. The number of aliphatic hydroxyl groups is 1. The third-order valence-corrected chi connectivity index (χ3v) is 4.52. The zero-order valence-corrected chi connectivity index (χ0v) is 9.76. The van der Waals surface area contributed by atoms with Crippen LogP contribution >= 0.6 is 11.8 Å². The van der Waals surface area contributed by atoms with Crippen molar-refractivity contribution in [2.45, 2.75) is 23.8 Å². The number of rotatable bonds is 2. The lowest BCUT2D eigenvalue weighted by molar-refractivity contribution is -0.0188. The van der Waals surface area contributed by atoms with E-state index in [0.717, 1.165) is 11.3 Å². The smallest absolute Gasteiger partial charge is 0.0952 e. The summed E-state index contributed by atoms with van der Waals surface area (Å²) in [5.74, 6) is 1.23. The lowest BCUT2D eigenvalue weighted by Gasteiger charge is -2.39. The molecule has 0 aromatic heterocycles. The fourth-order valence-electron chi connectivity index (χ4n) is 2.17. The maximum Gasteiger partial charge on any atom is 0.0952 e. The van der Waals surface area contributed by atoms with Gasteiger partial charge in [0.05, 0.1) is 5.60 Å². The standard InChI is InChI=1S/C12H17NOS/c1-9-8-15-11-5-3-2-4-10(11)12(9,14)6-7-13/h2-5,9,14H,6-8,13H2,1H3. The predicted octanol–water partition coefficient (Wildman–Crippen LogP) is 1.96. The first-order valence-corrected chi connectivity index (χ1v) is 6.32. The number of fused-ring (bicyclic) bond motifs is 1. The van der Waals surface area contributed by atoms with E-state index in [9.17, 15) is 5.11 Å². The average molecular weight is 223 g/mol. The summed E-state index contributed by atoms with van der Waals surface area (Å²) in [5.41, 5.74) is 5.93. The van der Waals surface area contributed by atoms with Crippen LogP contribution in [0.4, 0.5) is 0 Å². The first kappa shape index (κ1) is 11.0. The van der Waals surface area contributed by atoms with Gasteiger partial charge in [-0.25, -0.2) is 0 Å². The van der Waals surface area contributed by atoms with E-state index in [4.69, 9.17) is 5.73 Å². The molecule has 2 rings (SSSR count). The van der Waals surface area contributed by atoms with Crippen LogP contribution in [0.5, 0.6) is 0 Å². The molecule has 0 aliphatic carbocycles. The van der Waals surface area contributed by atoms with Crippen molar-refractivity contribution in [2.24, 2.45) is 11.7 Å². The molecular weight excluding hydrogens is 206 g/mol. The molecule has 1 heterocycles. The molecule has 0 bridgehead atoms. The minimum Gasteiger partial charge on any atom is -0.385 e. The second-order valence-corrected chi connectivity index (χ2v) is 5.23. The van der Waals surface area contributed by atoms with Crippen molar-refractivity contribution in [3.05, 3.63) is 29.8 Å². The molecule has 3 N–H and O–H groups in total. The van der Waals surface area contributed by atoms with Gasteiger partial charge in [0.2, 0.25) is 0 Å². The van der Waals surface area contributed by atoms with Crippen LogP contribution in [-0.4, -0.2) is 17.4 Å². The molecule has 1 aliphatic rings. The van der Waals surface area contributed by atoms with Gasteiger partial charge < -0.3 is 10.8 Å². The van der Waals surface area contributed by atoms with E-state index < -0.39 is 5.60 Å². The van der Waals surface area contributed by atoms with E-state index in [2.05, 4.69) is 13.0 Å². The van der Waals surface area contributed by atoms with Crippen LogP contribution in [0.1, 0.15) is 18.9 Å². The van der Waals surface area contributed by atoms with Gasteiger partial charge in [-0.1, -0.05) is 25.1 Å². The Labute approximate surface area is 94.9 Å². The maximum absolute atomic E-state index is 10.7. The normalized spacial score (nSPS) is 29.9. The van der Waals surface area contributed by atoms with Crippen molar-refractivity contribution in [2.75, 3.05) is 12.3 Å². The molecule has 1 aromatic carbocycles. The van der Waals surface area contributed by atoms with E-state index in [0.29, 0.717) is 13.0 Å². The van der Waals surface area contributed by atoms with Gasteiger partial charge >= 0.3 is 0 Å². The first-order valence-electron chi connectivity index (χ1n) is 5.33. The molecular formula is C12H17NOS. The molecule has 2 atom stereocenters. The number of hydrogen-bond acceptors (Lipinski definition) is 3. The van der Waals surface area contributed by atoms with E-state index in [1.165, 1.54) is 4.90 Å². The number of hydrogen-bond donors (Lipinski definition) is 2. The molecule has 2 unspecified atom stereocenters. The van der Waals surface area contributed by atoms with Crippen molar-refractivity contribution in [1.82, 2.24) is 0 Å². The third kappa shape index (κ3) is 1.80. The molecule has 1 aliphatic heterocycles. The van der Waals surface area contributed by atoms with Crippen LogP contribution in [0.3, 0.4) is 0 Å². The molecule has 0 saturated carbocycles. The van der Waals surface area contributed by atoms with Crippen LogP contribution < -0.4 is 5.73 Å². The van der Waals surface area contributed by atoms with Crippen LogP contribution in [-0.2, 0) is 5.60 Å². The summed E-state index contributed by atoms with van der Waals surface area (Å²) in [4.78, 5) is 1.20. The summed E-state index contributed by atoms with van der Waals surface area (Å²) >= 11 is 1.82. The van der Waals surface area contributed by atoms with Crippen molar-refractivity contribution >= 4 is 11.8 Å². The predicted molar refractivity (Wildman–Crippen MR) is 63.9 cm³/mol. The Morgan fingerprint density at radius 2 is 2.27 bits per heavy atom. The third-order valence-electron chi connectivity index (χ3n) is 3.18. The fourth-order valence-corrected chi connectivity index (χ4v) is 3.45. The molecule has 0 fully saturated rings. The summed E-state index contributed by atoms with van der Waals surface area (Å²) in [6.45, 7) is 2.62. The Kier molecular flexibility index (Phi) is 3.05. The Morgan fingerprint density at radius 1 is 1.53 bits per heavy atom. The summed E-state index contributed by atoms with van der Waals surface area (Å²) in [7, 11) is 0.